The molecule has 0 saturated carbocycles. The zero-order valence-corrected chi connectivity index (χ0v) is 14.5. The van der Waals surface area contributed by atoms with Crippen molar-refractivity contribution < 1.29 is 19.4 Å². The second-order valence-corrected chi connectivity index (χ2v) is 5.02. The third kappa shape index (κ3) is 10.3. The van der Waals surface area contributed by atoms with Crippen molar-refractivity contribution in [3.8, 4) is 0 Å². The summed E-state index contributed by atoms with van der Waals surface area (Å²) in [6.07, 6.45) is 3.68. The molecule has 0 unspecified atom stereocenters. The molecule has 0 aliphatic carbocycles. The molecular formula is C18H29NO4. The average Bonchev–Trinajstić information content (AvgIpc) is 2.56. The van der Waals surface area contributed by atoms with E-state index in [-0.39, 0.29) is 5.97 Å². The molecular weight excluding hydrogens is 294 g/mol. The van der Waals surface area contributed by atoms with Gasteiger partial charge in [-0.1, -0.05) is 44.4 Å². The predicted molar refractivity (Wildman–Crippen MR) is 91.8 cm³/mol. The number of nitrogens with zero attached hydrogens (tertiary/aromatic N) is 1. The number of carbonyl (C=O) groups is 2. The third-order valence-electron chi connectivity index (χ3n) is 3.27. The monoisotopic (exact) mass is 323 g/mol. The molecule has 0 atom stereocenters. The number of ether oxygens (including phenoxy) is 1. The van der Waals surface area contributed by atoms with Crippen LogP contribution in [0.2, 0.25) is 0 Å². The van der Waals surface area contributed by atoms with Gasteiger partial charge in [0.05, 0.1) is 12.2 Å². The lowest BCUT2D eigenvalue weighted by Crippen LogP contribution is -2.28. The number of hydrogen-bond donors (Lipinski definition) is 1. The van der Waals surface area contributed by atoms with Crippen molar-refractivity contribution in [2.45, 2.75) is 46.5 Å². The quantitative estimate of drug-likeness (QED) is 0.567. The molecule has 130 valence electrons. The van der Waals surface area contributed by atoms with Gasteiger partial charge in [0.25, 0.3) is 0 Å². The van der Waals surface area contributed by atoms with Gasteiger partial charge in [0.15, 0.2) is 0 Å². The minimum atomic E-state index is -0.838. The summed E-state index contributed by atoms with van der Waals surface area (Å²) in [5.74, 6) is -0.216. The van der Waals surface area contributed by atoms with Crippen LogP contribution in [0.3, 0.4) is 0 Å². The van der Waals surface area contributed by atoms with E-state index in [0.717, 1.165) is 12.8 Å². The molecule has 0 fully saturated rings. The van der Waals surface area contributed by atoms with Gasteiger partial charge < -0.3 is 14.7 Å². The van der Waals surface area contributed by atoms with Gasteiger partial charge in [0.1, 0.15) is 0 Å². The van der Waals surface area contributed by atoms with Gasteiger partial charge in [-0.25, -0.2) is 9.59 Å². The molecule has 0 aromatic heterocycles. The molecule has 1 aromatic rings. The molecule has 0 aliphatic heterocycles. The summed E-state index contributed by atoms with van der Waals surface area (Å²) in [5.41, 5.74) is 0.632. The summed E-state index contributed by atoms with van der Waals surface area (Å²) in [6.45, 7) is 7.48. The van der Waals surface area contributed by atoms with Crippen LogP contribution in [0.4, 0.5) is 4.79 Å². The first-order valence-electron chi connectivity index (χ1n) is 8.26. The lowest BCUT2D eigenvalue weighted by Gasteiger charge is -2.12. The molecule has 0 spiro atoms. The minimum Gasteiger partial charge on any atom is -0.465 e. The second-order valence-electron chi connectivity index (χ2n) is 5.02. The summed E-state index contributed by atoms with van der Waals surface area (Å²) in [4.78, 5) is 22.9. The number of rotatable bonds is 8. The van der Waals surface area contributed by atoms with Crippen LogP contribution >= 0.6 is 0 Å². The van der Waals surface area contributed by atoms with Crippen LogP contribution < -0.4 is 0 Å². The number of esters is 1. The summed E-state index contributed by atoms with van der Waals surface area (Å²) in [5, 5.41) is 8.30. The molecule has 1 aromatic carbocycles. The van der Waals surface area contributed by atoms with E-state index in [0.29, 0.717) is 25.3 Å². The lowest BCUT2D eigenvalue weighted by molar-refractivity contribution is 0.0497. The van der Waals surface area contributed by atoms with Gasteiger partial charge in [0.2, 0.25) is 0 Å². The molecule has 23 heavy (non-hydrogen) atoms. The first-order valence-corrected chi connectivity index (χ1v) is 8.26. The Morgan fingerprint density at radius 2 is 1.61 bits per heavy atom. The fourth-order valence-corrected chi connectivity index (χ4v) is 1.85. The van der Waals surface area contributed by atoms with E-state index in [1.807, 2.05) is 32.0 Å². The lowest BCUT2D eigenvalue weighted by atomic mass is 10.2. The van der Waals surface area contributed by atoms with Crippen LogP contribution in [0, 0.1) is 0 Å². The Balaban J connectivity index is 0.000000515. The zero-order chi connectivity index (χ0) is 17.5. The number of carboxylic acid groups (broad SMARTS) is 1. The molecule has 0 radical (unpaired) electrons. The molecule has 1 amide bonds. The molecule has 5 nitrogen and oxygen atoms in total. The maximum atomic E-state index is 11.5. The Morgan fingerprint density at radius 1 is 1.00 bits per heavy atom. The highest BCUT2D eigenvalue weighted by Crippen LogP contribution is 2.03. The van der Waals surface area contributed by atoms with Crippen molar-refractivity contribution in [1.82, 2.24) is 4.90 Å². The Kier molecular flexibility index (Phi) is 12.4. The molecule has 0 bridgehead atoms. The van der Waals surface area contributed by atoms with Crippen molar-refractivity contribution in [2.24, 2.45) is 0 Å². The first kappa shape index (κ1) is 21.0. The number of amides is 1. The number of hydrogen-bond acceptors (Lipinski definition) is 3. The number of carbonyl (C=O) groups excluding carboxylic acids is 1. The van der Waals surface area contributed by atoms with Crippen molar-refractivity contribution in [3.05, 3.63) is 35.9 Å². The minimum absolute atomic E-state index is 0.216. The number of benzene rings is 1. The highest BCUT2D eigenvalue weighted by Gasteiger charge is 2.04. The standard InChI is InChI=1S/C13H18O2.C5H11NO2/c1-2-3-4-8-11-15-13(14)12-9-6-5-7-10-12;1-3-6(4-2)5(7)8/h5-7,9-10H,2-4,8,11H2,1H3;3-4H2,1-2H3,(H,7,8). The Morgan fingerprint density at radius 3 is 2.04 bits per heavy atom. The van der Waals surface area contributed by atoms with Crippen LogP contribution in [-0.2, 0) is 4.74 Å². The topological polar surface area (TPSA) is 66.8 Å². The Bertz CT molecular complexity index is 430. The summed E-state index contributed by atoms with van der Waals surface area (Å²) < 4.78 is 5.14. The fraction of sp³-hybridized carbons (Fsp3) is 0.556. The van der Waals surface area contributed by atoms with E-state index in [9.17, 15) is 9.59 Å². The van der Waals surface area contributed by atoms with Crippen molar-refractivity contribution in [1.29, 1.82) is 0 Å². The maximum Gasteiger partial charge on any atom is 0.407 e. The number of unbranched alkanes of at least 4 members (excludes halogenated alkanes) is 3. The SMILES string of the molecule is CCCCCCOC(=O)c1ccccc1.CCN(CC)C(=O)O. The molecule has 0 aliphatic rings. The normalized spacial score (nSPS) is 9.52. The van der Waals surface area contributed by atoms with E-state index in [2.05, 4.69) is 6.92 Å². The van der Waals surface area contributed by atoms with Crippen LogP contribution in [0.5, 0.6) is 0 Å². The first-order chi connectivity index (χ1) is 11.1. The van der Waals surface area contributed by atoms with E-state index >= 15 is 0 Å². The molecule has 0 heterocycles. The van der Waals surface area contributed by atoms with Crippen LogP contribution in [0.15, 0.2) is 30.3 Å². The van der Waals surface area contributed by atoms with Crippen LogP contribution in [0.1, 0.15) is 56.8 Å². The van der Waals surface area contributed by atoms with E-state index in [1.54, 1.807) is 12.1 Å². The Labute approximate surface area is 139 Å². The van der Waals surface area contributed by atoms with Crippen molar-refractivity contribution >= 4 is 12.1 Å². The van der Waals surface area contributed by atoms with Gasteiger partial charge in [-0.15, -0.1) is 0 Å². The Hall–Kier alpha value is -2.04. The second kappa shape index (κ2) is 13.6. The molecule has 0 saturated heterocycles. The average molecular weight is 323 g/mol. The highest BCUT2D eigenvalue weighted by atomic mass is 16.5. The van der Waals surface area contributed by atoms with E-state index < -0.39 is 6.09 Å². The van der Waals surface area contributed by atoms with Gasteiger partial charge in [0, 0.05) is 13.1 Å². The van der Waals surface area contributed by atoms with Gasteiger partial charge >= 0.3 is 12.1 Å². The smallest absolute Gasteiger partial charge is 0.407 e. The van der Waals surface area contributed by atoms with Crippen LogP contribution in [-0.4, -0.2) is 41.8 Å². The molecule has 1 rings (SSSR count). The van der Waals surface area contributed by atoms with Crippen molar-refractivity contribution in [3.63, 3.8) is 0 Å². The van der Waals surface area contributed by atoms with Crippen molar-refractivity contribution in [2.75, 3.05) is 19.7 Å². The predicted octanol–water partition coefficient (Wildman–Crippen LogP) is 4.43. The fourth-order valence-electron chi connectivity index (χ4n) is 1.85. The summed E-state index contributed by atoms with van der Waals surface area (Å²) >= 11 is 0. The van der Waals surface area contributed by atoms with Crippen LogP contribution in [0.25, 0.3) is 0 Å². The van der Waals surface area contributed by atoms with Gasteiger partial charge in [-0.3, -0.25) is 0 Å². The summed E-state index contributed by atoms with van der Waals surface area (Å²) in [6, 6.07) is 9.11. The van der Waals surface area contributed by atoms with Gasteiger partial charge in [-0.2, -0.15) is 0 Å². The highest BCUT2D eigenvalue weighted by molar-refractivity contribution is 5.89. The zero-order valence-electron chi connectivity index (χ0n) is 14.5. The van der Waals surface area contributed by atoms with Gasteiger partial charge in [-0.05, 0) is 32.4 Å². The van der Waals surface area contributed by atoms with E-state index in [4.69, 9.17) is 9.84 Å². The van der Waals surface area contributed by atoms with E-state index in [1.165, 1.54) is 17.7 Å². The summed E-state index contributed by atoms with van der Waals surface area (Å²) in [7, 11) is 0. The molecule has 1 N–H and O–H groups in total. The maximum absolute atomic E-state index is 11.5. The third-order valence-corrected chi connectivity index (χ3v) is 3.27. The molecule has 5 heteroatoms. The largest absolute Gasteiger partial charge is 0.465 e.